The monoisotopic (exact) mass is 75.0 g/mol. The quantitative estimate of drug-likeness (QED) is 0.442. The minimum Gasteiger partial charge on any atom is -0.287 e. The van der Waals surface area contributed by atoms with Crippen molar-refractivity contribution in [3.05, 3.63) is 0 Å². The second-order valence-corrected chi connectivity index (χ2v) is 0.734. The Hall–Kier alpha value is -0.400. The van der Waals surface area contributed by atoms with Gasteiger partial charge in [-0.25, -0.2) is 4.39 Å². The topological polar surface area (TPSA) is 17.1 Å². The first-order valence-electron chi connectivity index (χ1n) is 1.29. The van der Waals surface area contributed by atoms with Gasteiger partial charge in [0.25, 0.3) is 0 Å². The number of rotatable bonds is 1. The zero-order valence-electron chi connectivity index (χ0n) is 2.86. The van der Waals surface area contributed by atoms with Crippen molar-refractivity contribution in [2.75, 3.05) is 0 Å². The normalized spacial score (nSPS) is 14.0. The Morgan fingerprint density at radius 1 is 2.00 bits per heavy atom. The van der Waals surface area contributed by atoms with Crippen molar-refractivity contribution < 1.29 is 9.18 Å². The summed E-state index contributed by atoms with van der Waals surface area (Å²) in [5.41, 5.74) is 0. The van der Waals surface area contributed by atoms with Crippen LogP contribution in [0.25, 0.3) is 0 Å². The van der Waals surface area contributed by atoms with Crippen molar-refractivity contribution in [3.8, 4) is 0 Å². The van der Waals surface area contributed by atoms with Crippen molar-refractivity contribution in [1.82, 2.24) is 0 Å². The van der Waals surface area contributed by atoms with Crippen LogP contribution in [0.3, 0.4) is 0 Å². The van der Waals surface area contributed by atoms with Crippen LogP contribution in [0.1, 0.15) is 6.92 Å². The lowest BCUT2D eigenvalue weighted by molar-refractivity contribution is 0.422. The molecule has 0 N–H and O–H groups in total. The maximum atomic E-state index is 11.0. The second-order valence-electron chi connectivity index (χ2n) is 0.734. The standard InChI is InChI=1S/C3H4FO/c1-3(4)2-5/h3H,1H3/t3-/m1/s1. The summed E-state index contributed by atoms with van der Waals surface area (Å²) in [5.74, 6) is 0. The number of alkyl halides is 1. The van der Waals surface area contributed by atoms with E-state index in [-0.39, 0.29) is 0 Å². The molecule has 0 spiro atoms. The Kier molecular flexibility index (Phi) is 1.73. The molecular weight excluding hydrogens is 71.0 g/mol. The molecular formula is C3H4FO. The molecule has 0 aliphatic heterocycles. The number of hydrogen-bond donors (Lipinski definition) is 0. The average Bonchev–Trinajstić information content (AvgIpc) is 1.38. The summed E-state index contributed by atoms with van der Waals surface area (Å²) in [4.78, 5) is 9.00. The van der Waals surface area contributed by atoms with E-state index < -0.39 is 6.17 Å². The van der Waals surface area contributed by atoms with Crippen LogP contribution in [-0.2, 0) is 4.79 Å². The van der Waals surface area contributed by atoms with Crippen LogP contribution >= 0.6 is 0 Å². The van der Waals surface area contributed by atoms with Gasteiger partial charge in [0.2, 0.25) is 6.29 Å². The second kappa shape index (κ2) is 1.88. The first-order valence-corrected chi connectivity index (χ1v) is 1.29. The summed E-state index contributed by atoms with van der Waals surface area (Å²) >= 11 is 0. The summed E-state index contributed by atoms with van der Waals surface area (Å²) in [6.07, 6.45) is -0.310. The Labute approximate surface area is 29.8 Å². The molecule has 0 heterocycles. The predicted molar refractivity (Wildman–Crippen MR) is 16.3 cm³/mol. The van der Waals surface area contributed by atoms with Crippen molar-refractivity contribution in [3.63, 3.8) is 0 Å². The van der Waals surface area contributed by atoms with Crippen LogP contribution in [0, 0.1) is 0 Å². The molecule has 0 aromatic rings. The fraction of sp³-hybridized carbons (Fsp3) is 0.667. The smallest absolute Gasteiger partial charge is 0.235 e. The van der Waals surface area contributed by atoms with Crippen molar-refractivity contribution >= 4 is 6.29 Å². The van der Waals surface area contributed by atoms with Gasteiger partial charge in [0, 0.05) is 0 Å². The van der Waals surface area contributed by atoms with Gasteiger partial charge in [-0.2, -0.15) is 0 Å². The fourth-order valence-corrected chi connectivity index (χ4v) is 0. The highest BCUT2D eigenvalue weighted by Crippen LogP contribution is 1.75. The molecule has 0 bridgehead atoms. The zero-order valence-corrected chi connectivity index (χ0v) is 2.86. The van der Waals surface area contributed by atoms with Gasteiger partial charge in [-0.15, -0.1) is 0 Å². The number of halogens is 1. The van der Waals surface area contributed by atoms with Gasteiger partial charge in [0.1, 0.15) is 0 Å². The zero-order chi connectivity index (χ0) is 4.28. The molecule has 0 fully saturated rings. The van der Waals surface area contributed by atoms with Crippen molar-refractivity contribution in [2.24, 2.45) is 0 Å². The van der Waals surface area contributed by atoms with Gasteiger partial charge in [-0.1, -0.05) is 0 Å². The highest BCUT2D eigenvalue weighted by molar-refractivity contribution is 5.55. The molecule has 1 radical (unpaired) electrons. The third kappa shape index (κ3) is 3.60. The molecule has 0 aliphatic rings. The van der Waals surface area contributed by atoms with E-state index in [1.54, 1.807) is 0 Å². The molecule has 5 heavy (non-hydrogen) atoms. The maximum absolute atomic E-state index is 11.0. The maximum Gasteiger partial charge on any atom is 0.235 e. The van der Waals surface area contributed by atoms with E-state index in [0.717, 1.165) is 13.2 Å². The summed E-state index contributed by atoms with van der Waals surface area (Å²) in [6, 6.07) is 0. The van der Waals surface area contributed by atoms with Gasteiger partial charge in [-0.3, -0.25) is 4.79 Å². The van der Waals surface area contributed by atoms with E-state index in [1.807, 2.05) is 0 Å². The molecule has 0 rings (SSSR count). The SMILES string of the molecule is C[C@@H](F)[C]=O. The summed E-state index contributed by atoms with van der Waals surface area (Å²) < 4.78 is 11.0. The molecule has 0 amide bonds. The summed E-state index contributed by atoms with van der Waals surface area (Å²) in [7, 11) is 0. The number of hydrogen-bond acceptors (Lipinski definition) is 1. The highest BCUT2D eigenvalue weighted by atomic mass is 19.1. The molecule has 0 saturated heterocycles. The van der Waals surface area contributed by atoms with E-state index in [0.29, 0.717) is 0 Å². The third-order valence-corrected chi connectivity index (χ3v) is 0.162. The van der Waals surface area contributed by atoms with Crippen LogP contribution in [-0.4, -0.2) is 12.5 Å². The fourth-order valence-electron chi connectivity index (χ4n) is 0. The largest absolute Gasteiger partial charge is 0.287 e. The van der Waals surface area contributed by atoms with E-state index >= 15 is 0 Å². The van der Waals surface area contributed by atoms with E-state index in [9.17, 15) is 4.39 Å². The molecule has 0 aromatic carbocycles. The van der Waals surface area contributed by atoms with Crippen LogP contribution in [0.2, 0.25) is 0 Å². The molecule has 0 aliphatic carbocycles. The molecule has 2 heteroatoms. The van der Waals surface area contributed by atoms with Gasteiger partial charge < -0.3 is 0 Å². The van der Waals surface area contributed by atoms with Crippen LogP contribution in [0.15, 0.2) is 0 Å². The van der Waals surface area contributed by atoms with Gasteiger partial charge in [0.05, 0.1) is 0 Å². The van der Waals surface area contributed by atoms with Crippen LogP contribution < -0.4 is 0 Å². The molecule has 0 unspecified atom stereocenters. The Balaban J connectivity index is 2.83. The van der Waals surface area contributed by atoms with Gasteiger partial charge in [-0.05, 0) is 6.92 Å². The lowest BCUT2D eigenvalue weighted by atomic mass is 10.5. The lowest BCUT2D eigenvalue weighted by Gasteiger charge is -1.72. The molecule has 29 valence electrons. The van der Waals surface area contributed by atoms with Gasteiger partial charge >= 0.3 is 0 Å². The lowest BCUT2D eigenvalue weighted by Crippen LogP contribution is -1.89. The van der Waals surface area contributed by atoms with Crippen molar-refractivity contribution in [2.45, 2.75) is 13.1 Å². The Morgan fingerprint density at radius 2 is 2.20 bits per heavy atom. The van der Waals surface area contributed by atoms with Crippen LogP contribution in [0.4, 0.5) is 4.39 Å². The molecule has 1 nitrogen and oxygen atoms in total. The molecule has 0 saturated carbocycles. The van der Waals surface area contributed by atoms with Crippen LogP contribution in [0.5, 0.6) is 0 Å². The minimum atomic E-state index is -1.42. The summed E-state index contributed by atoms with van der Waals surface area (Å²) in [6.45, 7) is 1.13. The highest BCUT2D eigenvalue weighted by Gasteiger charge is 1.87. The van der Waals surface area contributed by atoms with E-state index in [1.165, 1.54) is 0 Å². The van der Waals surface area contributed by atoms with Gasteiger partial charge in [0.15, 0.2) is 6.17 Å². The Morgan fingerprint density at radius 3 is 2.20 bits per heavy atom. The number of carbonyl (C=O) groups excluding carboxylic acids is 1. The predicted octanol–water partition coefficient (Wildman–Crippen LogP) is 0.454. The third-order valence-electron chi connectivity index (χ3n) is 0.162. The molecule has 1 atom stereocenters. The van der Waals surface area contributed by atoms with Crippen molar-refractivity contribution in [1.29, 1.82) is 0 Å². The first kappa shape index (κ1) is 4.60. The first-order chi connectivity index (χ1) is 2.27. The van der Waals surface area contributed by atoms with E-state index in [2.05, 4.69) is 0 Å². The minimum absolute atomic E-state index is 1.11. The average molecular weight is 75.1 g/mol. The summed E-state index contributed by atoms with van der Waals surface area (Å²) in [5, 5.41) is 0. The Bertz CT molecular complexity index is 33.9. The molecule has 0 aromatic heterocycles. The van der Waals surface area contributed by atoms with E-state index in [4.69, 9.17) is 4.79 Å².